The van der Waals surface area contributed by atoms with Crippen molar-refractivity contribution >= 4 is 17.5 Å². The summed E-state index contributed by atoms with van der Waals surface area (Å²) >= 11 is 0. The lowest BCUT2D eigenvalue weighted by Gasteiger charge is -2.08. The van der Waals surface area contributed by atoms with Gasteiger partial charge in [0.15, 0.2) is 5.65 Å². The third-order valence-electron chi connectivity index (χ3n) is 3.73. The molecule has 1 aromatic carbocycles. The molecule has 2 heterocycles. The van der Waals surface area contributed by atoms with Crippen LogP contribution in [0, 0.1) is 5.82 Å². The van der Waals surface area contributed by atoms with Crippen LogP contribution in [0.15, 0.2) is 36.5 Å². The van der Waals surface area contributed by atoms with E-state index in [1.165, 1.54) is 24.3 Å². The summed E-state index contributed by atoms with van der Waals surface area (Å²) in [4.78, 5) is 27.6. The van der Waals surface area contributed by atoms with Crippen LogP contribution in [0.2, 0.25) is 0 Å². The smallest absolute Gasteiger partial charge is 0.325 e. The number of benzene rings is 1. The molecule has 0 aliphatic heterocycles. The highest BCUT2D eigenvalue weighted by molar-refractivity contribution is 6.01. The highest BCUT2D eigenvalue weighted by Gasteiger charge is 2.21. The summed E-state index contributed by atoms with van der Waals surface area (Å²) in [6.07, 6.45) is -1.81. The van der Waals surface area contributed by atoms with Crippen molar-refractivity contribution in [1.29, 1.82) is 0 Å². The molecule has 140 valence electrons. The predicted molar refractivity (Wildman–Crippen MR) is 87.7 cm³/mol. The van der Waals surface area contributed by atoms with Gasteiger partial charge in [-0.25, -0.2) is 22.7 Å². The van der Waals surface area contributed by atoms with E-state index in [0.717, 1.165) is 23.9 Å². The van der Waals surface area contributed by atoms with Gasteiger partial charge in [0.05, 0.1) is 19.0 Å². The minimum absolute atomic E-state index is 0.0928. The highest BCUT2D eigenvalue weighted by Crippen LogP contribution is 2.26. The van der Waals surface area contributed by atoms with Crippen molar-refractivity contribution in [3.63, 3.8) is 0 Å². The largest absolute Gasteiger partial charge is 0.468 e. The molecule has 3 aromatic rings. The molecule has 0 aliphatic rings. The Morgan fingerprint density at radius 2 is 1.96 bits per heavy atom. The maximum atomic E-state index is 13.5. The Bertz CT molecular complexity index is 1000. The van der Waals surface area contributed by atoms with Gasteiger partial charge in [-0.05, 0) is 30.3 Å². The summed E-state index contributed by atoms with van der Waals surface area (Å²) < 4.78 is 45.3. The summed E-state index contributed by atoms with van der Waals surface area (Å²) in [5.74, 6) is -1.88. The number of alkyl halides is 2. The van der Waals surface area contributed by atoms with E-state index in [-0.39, 0.29) is 16.9 Å². The first kappa shape index (κ1) is 18.4. The quantitative estimate of drug-likeness (QED) is 0.689. The summed E-state index contributed by atoms with van der Waals surface area (Å²) in [6.45, 7) is -0.397. The molecule has 0 unspecified atom stereocenters. The first-order valence-electron chi connectivity index (χ1n) is 7.68. The Balaban J connectivity index is 2.08. The second kappa shape index (κ2) is 7.44. The number of methoxy groups -OCH3 is 1. The maximum Gasteiger partial charge on any atom is 0.325 e. The predicted octanol–water partition coefficient (Wildman–Crippen LogP) is 2.38. The monoisotopic (exact) mass is 378 g/mol. The van der Waals surface area contributed by atoms with Crippen LogP contribution >= 0.6 is 0 Å². The lowest BCUT2D eigenvalue weighted by molar-refractivity contribution is -0.139. The lowest BCUT2D eigenvalue weighted by atomic mass is 10.1. The maximum absolute atomic E-state index is 13.5. The number of fused-ring (bicyclic) bond motifs is 1. The molecule has 0 saturated heterocycles. The number of carbonyl (C=O) groups excluding carboxylic acids is 2. The van der Waals surface area contributed by atoms with E-state index in [1.54, 1.807) is 0 Å². The Kier molecular flexibility index (Phi) is 5.06. The van der Waals surface area contributed by atoms with Crippen molar-refractivity contribution in [2.45, 2.75) is 6.43 Å². The van der Waals surface area contributed by atoms with Gasteiger partial charge in [0.25, 0.3) is 12.3 Å². The molecule has 0 spiro atoms. The third-order valence-corrected chi connectivity index (χ3v) is 3.73. The fourth-order valence-electron chi connectivity index (χ4n) is 2.39. The van der Waals surface area contributed by atoms with E-state index in [0.29, 0.717) is 5.56 Å². The van der Waals surface area contributed by atoms with Crippen LogP contribution in [0.4, 0.5) is 13.2 Å². The van der Waals surface area contributed by atoms with E-state index in [1.807, 2.05) is 0 Å². The van der Waals surface area contributed by atoms with Crippen molar-refractivity contribution in [2.24, 2.45) is 0 Å². The number of nitrogens with zero attached hydrogens (tertiary/aromatic N) is 3. The van der Waals surface area contributed by atoms with Crippen molar-refractivity contribution in [3.05, 3.63) is 53.6 Å². The Morgan fingerprint density at radius 3 is 2.59 bits per heavy atom. The SMILES string of the molecule is COC(=O)CNC(=O)c1cnn2c(C(F)F)cc(-c3ccc(F)cc3)nc12. The molecular weight excluding hydrogens is 365 g/mol. The number of ether oxygens (including phenoxy) is 1. The average Bonchev–Trinajstić information content (AvgIpc) is 3.09. The zero-order valence-corrected chi connectivity index (χ0v) is 13.9. The first-order chi connectivity index (χ1) is 12.9. The molecule has 0 fully saturated rings. The Labute approximate surface area is 150 Å². The van der Waals surface area contributed by atoms with E-state index < -0.39 is 36.4 Å². The van der Waals surface area contributed by atoms with Crippen LogP contribution < -0.4 is 5.32 Å². The van der Waals surface area contributed by atoms with Gasteiger partial charge in [-0.2, -0.15) is 5.10 Å². The van der Waals surface area contributed by atoms with Gasteiger partial charge >= 0.3 is 5.97 Å². The number of aromatic nitrogens is 3. The van der Waals surface area contributed by atoms with Gasteiger partial charge in [-0.3, -0.25) is 9.59 Å². The molecule has 0 bridgehead atoms. The number of hydrogen-bond acceptors (Lipinski definition) is 5. The van der Waals surface area contributed by atoms with Gasteiger partial charge < -0.3 is 10.1 Å². The molecule has 2 aromatic heterocycles. The zero-order chi connectivity index (χ0) is 19.6. The Hall–Kier alpha value is -3.43. The summed E-state index contributed by atoms with van der Waals surface area (Å²) in [6, 6.07) is 6.23. The molecule has 27 heavy (non-hydrogen) atoms. The topological polar surface area (TPSA) is 85.6 Å². The Morgan fingerprint density at radius 1 is 1.26 bits per heavy atom. The van der Waals surface area contributed by atoms with Crippen molar-refractivity contribution in [3.8, 4) is 11.3 Å². The van der Waals surface area contributed by atoms with E-state index in [4.69, 9.17) is 0 Å². The van der Waals surface area contributed by atoms with Crippen LogP contribution in [0.25, 0.3) is 16.9 Å². The molecular formula is C17H13F3N4O3. The summed E-state index contributed by atoms with van der Waals surface area (Å²) in [5.41, 5.74) is -0.172. The summed E-state index contributed by atoms with van der Waals surface area (Å²) in [5, 5.41) is 6.09. The average molecular weight is 378 g/mol. The molecule has 10 heteroatoms. The second-order valence-corrected chi connectivity index (χ2v) is 5.43. The number of amides is 1. The summed E-state index contributed by atoms with van der Waals surface area (Å²) in [7, 11) is 1.16. The standard InChI is InChI=1S/C17H13F3N4O3/c1-27-14(25)8-21-17(26)11-7-22-24-13(15(19)20)6-12(23-16(11)24)9-2-4-10(18)5-3-9/h2-7,15H,8H2,1H3,(H,21,26). The number of carbonyl (C=O) groups is 2. The van der Waals surface area contributed by atoms with Gasteiger partial charge in [0.2, 0.25) is 0 Å². The van der Waals surface area contributed by atoms with Crippen molar-refractivity contribution < 1.29 is 27.5 Å². The zero-order valence-electron chi connectivity index (χ0n) is 13.9. The van der Waals surface area contributed by atoms with E-state index in [2.05, 4.69) is 20.1 Å². The number of halogens is 3. The van der Waals surface area contributed by atoms with Gasteiger partial charge in [-0.15, -0.1) is 0 Å². The van der Waals surface area contributed by atoms with Crippen LogP contribution in [0.3, 0.4) is 0 Å². The molecule has 3 rings (SSSR count). The highest BCUT2D eigenvalue weighted by atomic mass is 19.3. The minimum atomic E-state index is -2.89. The number of hydrogen-bond donors (Lipinski definition) is 1. The number of rotatable bonds is 5. The van der Waals surface area contributed by atoms with Gasteiger partial charge in [0, 0.05) is 5.56 Å². The van der Waals surface area contributed by atoms with Crippen LogP contribution in [0.5, 0.6) is 0 Å². The molecule has 0 saturated carbocycles. The van der Waals surface area contributed by atoms with Crippen molar-refractivity contribution in [2.75, 3.05) is 13.7 Å². The first-order valence-corrected chi connectivity index (χ1v) is 7.68. The third kappa shape index (κ3) is 3.73. The van der Waals surface area contributed by atoms with Crippen molar-refractivity contribution in [1.82, 2.24) is 19.9 Å². The van der Waals surface area contributed by atoms with E-state index in [9.17, 15) is 22.8 Å². The number of nitrogens with one attached hydrogen (secondary N) is 1. The number of esters is 1. The van der Waals surface area contributed by atoms with Gasteiger partial charge in [-0.1, -0.05) is 0 Å². The molecule has 1 N–H and O–H groups in total. The minimum Gasteiger partial charge on any atom is -0.468 e. The molecule has 1 amide bonds. The molecule has 0 aliphatic carbocycles. The van der Waals surface area contributed by atoms with Crippen LogP contribution in [-0.2, 0) is 9.53 Å². The second-order valence-electron chi connectivity index (χ2n) is 5.43. The molecule has 0 radical (unpaired) electrons. The lowest BCUT2D eigenvalue weighted by Crippen LogP contribution is -2.30. The van der Waals surface area contributed by atoms with E-state index >= 15 is 0 Å². The fraction of sp³-hybridized carbons (Fsp3) is 0.176. The van der Waals surface area contributed by atoms with Crippen LogP contribution in [0.1, 0.15) is 22.5 Å². The molecule has 7 nitrogen and oxygen atoms in total. The van der Waals surface area contributed by atoms with Gasteiger partial charge in [0.1, 0.15) is 23.6 Å². The molecule has 0 atom stereocenters. The van der Waals surface area contributed by atoms with Crippen LogP contribution in [-0.4, -0.2) is 40.1 Å². The normalized spacial score (nSPS) is 11.0. The fourth-order valence-corrected chi connectivity index (χ4v) is 2.39.